The van der Waals surface area contributed by atoms with Gasteiger partial charge in [0.1, 0.15) is 5.58 Å². The maximum Gasteiger partial charge on any atom is 0.160 e. The van der Waals surface area contributed by atoms with Crippen molar-refractivity contribution < 1.29 is 4.42 Å². The largest absolute Gasteiger partial charge is 0.454 e. The zero-order valence-electron chi connectivity index (χ0n) is 32.8. The highest BCUT2D eigenvalue weighted by atomic mass is 16.3. The third-order valence-electron chi connectivity index (χ3n) is 12.3. The average molecular weight is 779 g/mol. The third-order valence-corrected chi connectivity index (χ3v) is 12.3. The van der Waals surface area contributed by atoms with E-state index in [1.165, 1.54) is 27.4 Å². The van der Waals surface area contributed by atoms with Crippen LogP contribution < -0.4 is 0 Å². The van der Waals surface area contributed by atoms with Crippen LogP contribution in [0.5, 0.6) is 0 Å². The van der Waals surface area contributed by atoms with Crippen molar-refractivity contribution in [2.45, 2.75) is 0 Å². The van der Waals surface area contributed by atoms with Gasteiger partial charge in [-0.1, -0.05) is 121 Å². The van der Waals surface area contributed by atoms with E-state index in [-0.39, 0.29) is 0 Å². The number of para-hydroxylation sites is 4. The molecule has 0 amide bonds. The second-order valence-electron chi connectivity index (χ2n) is 15.7. The van der Waals surface area contributed by atoms with Gasteiger partial charge in [-0.15, -0.1) is 0 Å². The van der Waals surface area contributed by atoms with Gasteiger partial charge >= 0.3 is 0 Å². The van der Waals surface area contributed by atoms with E-state index >= 15 is 0 Å². The molecule has 5 heteroatoms. The Morgan fingerprint density at radius 2 is 0.918 bits per heavy atom. The fraction of sp³-hybridized carbons (Fsp3) is 0. The van der Waals surface area contributed by atoms with E-state index in [4.69, 9.17) is 14.4 Å². The number of rotatable bonds is 5. The summed E-state index contributed by atoms with van der Waals surface area (Å²) in [6.07, 6.45) is 0. The van der Waals surface area contributed by atoms with Crippen LogP contribution in [0, 0.1) is 0 Å². The van der Waals surface area contributed by atoms with Gasteiger partial charge < -0.3 is 13.6 Å². The Hall–Kier alpha value is -8.28. The van der Waals surface area contributed by atoms with E-state index in [0.717, 1.165) is 88.4 Å². The third kappa shape index (κ3) is 5.14. The molecule has 9 aromatic carbocycles. The van der Waals surface area contributed by atoms with Gasteiger partial charge in [-0.25, -0.2) is 9.97 Å². The van der Waals surface area contributed by atoms with Crippen molar-refractivity contribution in [2.75, 3.05) is 0 Å². The number of furan rings is 1. The predicted molar refractivity (Wildman–Crippen MR) is 252 cm³/mol. The summed E-state index contributed by atoms with van der Waals surface area (Å²) in [5.41, 5.74) is 14.7. The van der Waals surface area contributed by atoms with Crippen LogP contribution in [-0.2, 0) is 0 Å². The zero-order chi connectivity index (χ0) is 40.0. The van der Waals surface area contributed by atoms with Gasteiger partial charge in [0.25, 0.3) is 0 Å². The lowest BCUT2D eigenvalue weighted by Gasteiger charge is -2.11. The Balaban J connectivity index is 0.996. The molecular weight excluding hydrogens is 745 g/mol. The first-order chi connectivity index (χ1) is 30.2. The lowest BCUT2D eigenvalue weighted by molar-refractivity contribution is 0.671. The van der Waals surface area contributed by atoms with Gasteiger partial charge in [-0.05, 0) is 96.1 Å². The average Bonchev–Trinajstić information content (AvgIpc) is 3.99. The van der Waals surface area contributed by atoms with Crippen LogP contribution in [0.1, 0.15) is 0 Å². The zero-order valence-corrected chi connectivity index (χ0v) is 32.8. The fourth-order valence-electron chi connectivity index (χ4n) is 9.52. The molecule has 5 nitrogen and oxygen atoms in total. The molecule has 0 saturated carbocycles. The number of fused-ring (bicyclic) bond motifs is 11. The molecule has 0 aliphatic heterocycles. The molecule has 4 heterocycles. The molecule has 0 fully saturated rings. The predicted octanol–water partition coefficient (Wildman–Crippen LogP) is 14.7. The highest BCUT2D eigenvalue weighted by Gasteiger charge is 2.21. The normalized spacial score (nSPS) is 11.9. The van der Waals surface area contributed by atoms with E-state index in [0.29, 0.717) is 5.82 Å². The number of aromatic nitrogens is 4. The SMILES string of the molecule is c1ccc(-c2nc(-c3ccc(-n4c5ccc(-c6ccc7c(c6)c6ccccc6n7-c6ccccc6)cc5c5ccc6c7ccccc7oc6c54)cc3)nc3ccccc23)cc1. The number of hydrogen-bond donors (Lipinski definition) is 0. The Labute approximate surface area is 350 Å². The Kier molecular flexibility index (Phi) is 7.24. The van der Waals surface area contributed by atoms with E-state index in [1.54, 1.807) is 0 Å². The molecule has 0 N–H and O–H groups in total. The summed E-state index contributed by atoms with van der Waals surface area (Å²) in [5, 5.41) is 8.01. The second kappa shape index (κ2) is 13.1. The van der Waals surface area contributed by atoms with Crippen molar-refractivity contribution >= 4 is 76.5 Å². The van der Waals surface area contributed by atoms with Crippen molar-refractivity contribution in [2.24, 2.45) is 0 Å². The summed E-state index contributed by atoms with van der Waals surface area (Å²) in [6, 6.07) is 73.1. The molecule has 0 unspecified atom stereocenters. The molecule has 0 aliphatic rings. The van der Waals surface area contributed by atoms with Gasteiger partial charge in [0.15, 0.2) is 11.4 Å². The molecule has 0 saturated heterocycles. The first-order valence-corrected chi connectivity index (χ1v) is 20.7. The van der Waals surface area contributed by atoms with Gasteiger partial charge in [0.2, 0.25) is 0 Å². The minimum Gasteiger partial charge on any atom is -0.454 e. The van der Waals surface area contributed by atoms with E-state index in [1.807, 2.05) is 24.3 Å². The Bertz CT molecular complexity index is 3860. The van der Waals surface area contributed by atoms with Gasteiger partial charge in [-0.3, -0.25) is 0 Å². The molecule has 0 atom stereocenters. The van der Waals surface area contributed by atoms with Crippen LogP contribution in [0.3, 0.4) is 0 Å². The summed E-state index contributed by atoms with van der Waals surface area (Å²) in [5.74, 6) is 0.694. The maximum absolute atomic E-state index is 6.75. The summed E-state index contributed by atoms with van der Waals surface area (Å²) in [4.78, 5) is 10.2. The summed E-state index contributed by atoms with van der Waals surface area (Å²) in [7, 11) is 0. The Morgan fingerprint density at radius 1 is 0.344 bits per heavy atom. The molecule has 0 bridgehead atoms. The van der Waals surface area contributed by atoms with Crippen molar-refractivity contribution in [3.63, 3.8) is 0 Å². The highest BCUT2D eigenvalue weighted by Crippen LogP contribution is 2.43. The number of benzene rings is 9. The van der Waals surface area contributed by atoms with E-state index in [2.05, 4.69) is 191 Å². The molecule has 0 spiro atoms. The summed E-state index contributed by atoms with van der Waals surface area (Å²) in [6.45, 7) is 0. The Morgan fingerprint density at radius 3 is 1.70 bits per heavy atom. The molecular formula is C56H34N4O. The minimum atomic E-state index is 0.694. The highest BCUT2D eigenvalue weighted by molar-refractivity contribution is 6.22. The summed E-state index contributed by atoms with van der Waals surface area (Å²) < 4.78 is 11.5. The van der Waals surface area contributed by atoms with Crippen LogP contribution in [0.25, 0.3) is 122 Å². The standard InChI is InChI=1S/C56H34N4O/c1-3-13-35(14-4-1)53-45-19-7-10-20-48(45)57-56(58-53)36-23-27-40(28-24-36)60-51-32-26-38(34-47(51)43-29-30-44-42-18-9-12-22-52(42)61-55(44)54(43)60)37-25-31-50-46(33-37)41-17-8-11-21-49(41)59(50)39-15-5-2-6-16-39/h1-34H. The van der Waals surface area contributed by atoms with Gasteiger partial charge in [0, 0.05) is 60.2 Å². The van der Waals surface area contributed by atoms with Crippen LogP contribution in [0.2, 0.25) is 0 Å². The number of nitrogens with zero attached hydrogens (tertiary/aromatic N) is 4. The lowest BCUT2D eigenvalue weighted by Crippen LogP contribution is -1.97. The summed E-state index contributed by atoms with van der Waals surface area (Å²) >= 11 is 0. The first-order valence-electron chi connectivity index (χ1n) is 20.7. The van der Waals surface area contributed by atoms with Crippen molar-refractivity contribution in [3.8, 4) is 45.1 Å². The minimum absolute atomic E-state index is 0.694. The van der Waals surface area contributed by atoms with Gasteiger partial charge in [-0.2, -0.15) is 0 Å². The molecule has 0 radical (unpaired) electrons. The quantitative estimate of drug-likeness (QED) is 0.175. The number of hydrogen-bond acceptors (Lipinski definition) is 3. The monoisotopic (exact) mass is 778 g/mol. The van der Waals surface area contributed by atoms with Crippen LogP contribution in [0.4, 0.5) is 0 Å². The topological polar surface area (TPSA) is 48.8 Å². The molecule has 61 heavy (non-hydrogen) atoms. The molecule has 284 valence electrons. The maximum atomic E-state index is 6.75. The fourth-order valence-corrected chi connectivity index (χ4v) is 9.52. The van der Waals surface area contributed by atoms with Gasteiger partial charge in [0.05, 0.1) is 33.3 Å². The van der Waals surface area contributed by atoms with Crippen molar-refractivity contribution in [3.05, 3.63) is 206 Å². The van der Waals surface area contributed by atoms with Crippen LogP contribution in [-0.4, -0.2) is 19.1 Å². The second-order valence-corrected chi connectivity index (χ2v) is 15.7. The van der Waals surface area contributed by atoms with E-state index < -0.39 is 0 Å². The molecule has 13 rings (SSSR count). The molecule has 13 aromatic rings. The molecule has 0 aliphatic carbocycles. The van der Waals surface area contributed by atoms with Crippen LogP contribution in [0.15, 0.2) is 211 Å². The lowest BCUT2D eigenvalue weighted by atomic mass is 10.0. The first kappa shape index (κ1) is 33.7. The van der Waals surface area contributed by atoms with Crippen molar-refractivity contribution in [1.82, 2.24) is 19.1 Å². The smallest absolute Gasteiger partial charge is 0.160 e. The van der Waals surface area contributed by atoms with Crippen LogP contribution >= 0.6 is 0 Å². The molecule has 4 aromatic heterocycles. The van der Waals surface area contributed by atoms with Crippen molar-refractivity contribution in [1.29, 1.82) is 0 Å². The van der Waals surface area contributed by atoms with E-state index in [9.17, 15) is 0 Å².